The number of aromatic amines is 2. The average Bonchev–Trinajstić information content (AvgIpc) is 2.74. The maximum Gasteiger partial charge on any atom is 0.274 e. The monoisotopic (exact) mass is 178 g/mol. The van der Waals surface area contributed by atoms with Crippen molar-refractivity contribution in [1.29, 1.82) is 0 Å². The van der Waals surface area contributed by atoms with Crippen molar-refractivity contribution in [3.63, 3.8) is 0 Å². The molecule has 0 saturated carbocycles. The van der Waals surface area contributed by atoms with Gasteiger partial charge in [0.05, 0.1) is 6.20 Å². The Morgan fingerprint density at radius 1 is 1.46 bits per heavy atom. The van der Waals surface area contributed by atoms with Gasteiger partial charge in [0.25, 0.3) is 5.91 Å². The maximum absolute atomic E-state index is 11.3. The molecule has 0 atom stereocenters. The third-order valence-electron chi connectivity index (χ3n) is 1.40. The van der Waals surface area contributed by atoms with Gasteiger partial charge in [0.2, 0.25) is 0 Å². The lowest BCUT2D eigenvalue weighted by Gasteiger charge is -1.95. The lowest BCUT2D eigenvalue weighted by Crippen LogP contribution is -2.12. The summed E-state index contributed by atoms with van der Waals surface area (Å²) in [7, 11) is 0. The molecule has 0 unspecified atom stereocenters. The Kier molecular flexibility index (Phi) is 1.75. The maximum atomic E-state index is 11.3. The van der Waals surface area contributed by atoms with Crippen LogP contribution in [-0.4, -0.2) is 31.5 Å². The first-order chi connectivity index (χ1) is 6.36. The number of H-pyrrole nitrogens is 2. The van der Waals surface area contributed by atoms with E-state index in [0.717, 1.165) is 0 Å². The SMILES string of the molecule is O=C(Nc1cn[nH]n1)c1ccn[nH]1. The summed E-state index contributed by atoms with van der Waals surface area (Å²) >= 11 is 0. The van der Waals surface area contributed by atoms with Crippen LogP contribution < -0.4 is 5.32 Å². The Hall–Kier alpha value is -2.18. The smallest absolute Gasteiger partial charge is 0.274 e. The lowest BCUT2D eigenvalue weighted by atomic mass is 10.4. The van der Waals surface area contributed by atoms with E-state index in [-0.39, 0.29) is 5.91 Å². The van der Waals surface area contributed by atoms with E-state index in [1.807, 2.05) is 0 Å². The molecule has 0 aliphatic rings. The van der Waals surface area contributed by atoms with Gasteiger partial charge in [-0.05, 0) is 6.07 Å². The molecule has 0 radical (unpaired) electrons. The molecule has 0 aliphatic heterocycles. The topological polar surface area (TPSA) is 99.3 Å². The van der Waals surface area contributed by atoms with Gasteiger partial charge in [-0.1, -0.05) is 0 Å². The van der Waals surface area contributed by atoms with Crippen molar-refractivity contribution in [2.75, 3.05) is 5.32 Å². The largest absolute Gasteiger partial charge is 0.302 e. The molecule has 13 heavy (non-hydrogen) atoms. The van der Waals surface area contributed by atoms with Crippen molar-refractivity contribution in [3.8, 4) is 0 Å². The molecule has 0 fully saturated rings. The predicted molar refractivity (Wildman–Crippen MR) is 42.9 cm³/mol. The second-order valence-electron chi connectivity index (χ2n) is 2.28. The van der Waals surface area contributed by atoms with E-state index in [4.69, 9.17) is 0 Å². The van der Waals surface area contributed by atoms with Crippen LogP contribution in [0.5, 0.6) is 0 Å². The van der Waals surface area contributed by atoms with Crippen LogP contribution >= 0.6 is 0 Å². The summed E-state index contributed by atoms with van der Waals surface area (Å²) in [6.45, 7) is 0. The molecule has 2 heterocycles. The Bertz CT molecular complexity index is 377. The predicted octanol–water partition coefficient (Wildman–Crippen LogP) is -0.220. The number of hydrogen-bond acceptors (Lipinski definition) is 4. The number of carbonyl (C=O) groups excluding carboxylic acids is 1. The van der Waals surface area contributed by atoms with Crippen molar-refractivity contribution in [3.05, 3.63) is 24.2 Å². The molecule has 66 valence electrons. The van der Waals surface area contributed by atoms with E-state index in [1.54, 1.807) is 6.07 Å². The van der Waals surface area contributed by atoms with Crippen molar-refractivity contribution in [2.24, 2.45) is 0 Å². The quantitative estimate of drug-likeness (QED) is 0.591. The lowest BCUT2D eigenvalue weighted by molar-refractivity contribution is 0.102. The summed E-state index contributed by atoms with van der Waals surface area (Å²) in [4.78, 5) is 11.3. The van der Waals surface area contributed by atoms with Crippen LogP contribution in [-0.2, 0) is 0 Å². The molecule has 0 aliphatic carbocycles. The number of carbonyl (C=O) groups is 1. The molecule has 2 aromatic rings. The molecular formula is C6H6N6O. The van der Waals surface area contributed by atoms with E-state index < -0.39 is 0 Å². The molecule has 7 heteroatoms. The minimum Gasteiger partial charge on any atom is -0.302 e. The summed E-state index contributed by atoms with van der Waals surface area (Å²) in [6, 6.07) is 1.56. The van der Waals surface area contributed by atoms with Gasteiger partial charge in [0.1, 0.15) is 5.69 Å². The van der Waals surface area contributed by atoms with Crippen molar-refractivity contribution in [1.82, 2.24) is 25.6 Å². The molecule has 2 rings (SSSR count). The third-order valence-corrected chi connectivity index (χ3v) is 1.40. The zero-order chi connectivity index (χ0) is 9.10. The minimum atomic E-state index is -0.300. The molecule has 0 saturated heterocycles. The number of hydrogen-bond donors (Lipinski definition) is 3. The highest BCUT2D eigenvalue weighted by Gasteiger charge is 2.07. The fourth-order valence-electron chi connectivity index (χ4n) is 0.828. The van der Waals surface area contributed by atoms with Gasteiger partial charge in [-0.2, -0.15) is 15.4 Å². The number of aromatic nitrogens is 5. The van der Waals surface area contributed by atoms with Crippen LogP contribution in [0.15, 0.2) is 18.5 Å². The van der Waals surface area contributed by atoms with Crippen LogP contribution in [0.4, 0.5) is 5.82 Å². The molecule has 0 spiro atoms. The zero-order valence-electron chi connectivity index (χ0n) is 6.48. The van der Waals surface area contributed by atoms with Gasteiger partial charge in [-0.3, -0.25) is 9.89 Å². The summed E-state index contributed by atoms with van der Waals surface area (Å²) < 4.78 is 0. The number of nitrogens with one attached hydrogen (secondary N) is 3. The van der Waals surface area contributed by atoms with E-state index in [9.17, 15) is 4.79 Å². The van der Waals surface area contributed by atoms with Crippen LogP contribution in [0, 0.1) is 0 Å². The molecule has 3 N–H and O–H groups in total. The Morgan fingerprint density at radius 2 is 2.38 bits per heavy atom. The first-order valence-electron chi connectivity index (χ1n) is 3.53. The van der Waals surface area contributed by atoms with Gasteiger partial charge >= 0.3 is 0 Å². The second-order valence-corrected chi connectivity index (χ2v) is 2.28. The van der Waals surface area contributed by atoms with Crippen molar-refractivity contribution in [2.45, 2.75) is 0 Å². The number of nitrogens with zero attached hydrogens (tertiary/aromatic N) is 3. The van der Waals surface area contributed by atoms with Crippen molar-refractivity contribution < 1.29 is 4.79 Å². The van der Waals surface area contributed by atoms with Gasteiger partial charge < -0.3 is 5.32 Å². The zero-order valence-corrected chi connectivity index (χ0v) is 6.48. The Labute approximate surface area is 72.5 Å². The van der Waals surface area contributed by atoms with Gasteiger partial charge in [-0.15, -0.1) is 5.10 Å². The Morgan fingerprint density at radius 3 is 3.00 bits per heavy atom. The third kappa shape index (κ3) is 1.53. The van der Waals surface area contributed by atoms with Crippen LogP contribution in [0.3, 0.4) is 0 Å². The summed E-state index contributed by atoms with van der Waals surface area (Å²) in [5.74, 6) is 0.0750. The summed E-state index contributed by atoms with van der Waals surface area (Å²) in [5, 5.41) is 18.3. The van der Waals surface area contributed by atoms with Crippen LogP contribution in [0.1, 0.15) is 10.5 Å². The van der Waals surface area contributed by atoms with Gasteiger partial charge in [-0.25, -0.2) is 0 Å². The van der Waals surface area contributed by atoms with E-state index in [2.05, 4.69) is 30.9 Å². The molecule has 7 nitrogen and oxygen atoms in total. The van der Waals surface area contributed by atoms with Gasteiger partial charge in [0.15, 0.2) is 5.82 Å². The number of rotatable bonds is 2. The number of amides is 1. The highest BCUT2D eigenvalue weighted by atomic mass is 16.2. The van der Waals surface area contributed by atoms with Crippen molar-refractivity contribution >= 4 is 11.7 Å². The summed E-state index contributed by atoms with van der Waals surface area (Å²) in [5.41, 5.74) is 0.378. The van der Waals surface area contributed by atoms with E-state index >= 15 is 0 Å². The molecule has 2 aromatic heterocycles. The Balaban J connectivity index is 2.08. The molecule has 0 bridgehead atoms. The minimum absolute atomic E-state index is 0.300. The fraction of sp³-hybridized carbons (Fsp3) is 0. The highest BCUT2D eigenvalue weighted by molar-refractivity contribution is 6.02. The first-order valence-corrected chi connectivity index (χ1v) is 3.53. The van der Waals surface area contributed by atoms with Gasteiger partial charge in [0, 0.05) is 6.20 Å². The highest BCUT2D eigenvalue weighted by Crippen LogP contribution is 1.99. The van der Waals surface area contributed by atoms with Crippen LogP contribution in [0.25, 0.3) is 0 Å². The fourth-order valence-corrected chi connectivity index (χ4v) is 0.828. The molecule has 0 aromatic carbocycles. The standard InChI is InChI=1S/C6H6N6O/c13-6(4-1-2-7-10-4)9-5-3-8-12-11-5/h1-3H,(H,7,10)(H2,8,9,11,12,13). The van der Waals surface area contributed by atoms with E-state index in [0.29, 0.717) is 11.5 Å². The first kappa shape index (κ1) is 7.47. The molecular weight excluding hydrogens is 172 g/mol. The summed E-state index contributed by atoms with van der Waals surface area (Å²) in [6.07, 6.45) is 2.91. The van der Waals surface area contributed by atoms with E-state index in [1.165, 1.54) is 12.4 Å². The van der Waals surface area contributed by atoms with Crippen LogP contribution in [0.2, 0.25) is 0 Å². The average molecular weight is 178 g/mol. The number of anilines is 1. The molecule has 1 amide bonds. The second kappa shape index (κ2) is 3.05. The normalized spacial score (nSPS) is 9.85.